The Balaban J connectivity index is 2.29. The zero-order valence-electron chi connectivity index (χ0n) is 24.3. The van der Waals surface area contributed by atoms with Gasteiger partial charge in [-0.1, -0.05) is 13.0 Å². The number of nitrogens with zero attached hydrogens (tertiary/aromatic N) is 1. The summed E-state index contributed by atoms with van der Waals surface area (Å²) >= 11 is 0. The highest BCUT2D eigenvalue weighted by molar-refractivity contribution is 6.04. The van der Waals surface area contributed by atoms with Gasteiger partial charge < -0.3 is 34.6 Å². The molecule has 1 heterocycles. The first-order valence-electron chi connectivity index (χ1n) is 13.5. The van der Waals surface area contributed by atoms with E-state index in [0.717, 1.165) is 0 Å². The van der Waals surface area contributed by atoms with Gasteiger partial charge in [-0.25, -0.2) is 18.9 Å². The minimum Gasteiger partial charge on any atom is -0.497 e. The van der Waals surface area contributed by atoms with Crippen LogP contribution in [0, 0.1) is 17.8 Å². The van der Waals surface area contributed by atoms with Crippen LogP contribution in [-0.2, 0) is 35.9 Å². The first-order valence-corrected chi connectivity index (χ1v) is 13.5. The van der Waals surface area contributed by atoms with Crippen LogP contribution in [-0.4, -0.2) is 89.1 Å². The summed E-state index contributed by atoms with van der Waals surface area (Å²) in [5, 5.41) is 41.0. The predicted molar refractivity (Wildman–Crippen MR) is 149 cm³/mol. The number of amides is 1. The second kappa shape index (κ2) is 13.1. The van der Waals surface area contributed by atoms with Crippen molar-refractivity contribution in [2.24, 2.45) is 17.8 Å². The number of carboxylic acids is 4. The molecular weight excluding hydrogens is 566 g/mol. The van der Waals surface area contributed by atoms with Gasteiger partial charge in [0, 0.05) is 23.8 Å². The van der Waals surface area contributed by atoms with E-state index in [4.69, 9.17) is 14.2 Å². The molecule has 2 aromatic carbocycles. The van der Waals surface area contributed by atoms with Crippen LogP contribution in [0.2, 0.25) is 0 Å². The number of rotatable bonds is 14. The smallest absolute Gasteiger partial charge is 0.383 e. The molecule has 0 radical (unpaired) electrons. The van der Waals surface area contributed by atoms with Crippen molar-refractivity contribution in [3.8, 4) is 17.2 Å². The molecule has 1 saturated heterocycles. The molecule has 1 fully saturated rings. The second-order valence-electron chi connectivity index (χ2n) is 10.4. The van der Waals surface area contributed by atoms with E-state index in [-0.39, 0.29) is 24.9 Å². The molecule has 0 aromatic heterocycles. The predicted octanol–water partition coefficient (Wildman–Crippen LogP) is 2.49. The summed E-state index contributed by atoms with van der Waals surface area (Å²) in [6.07, 6.45) is -0.456. The van der Waals surface area contributed by atoms with Crippen molar-refractivity contribution in [1.82, 2.24) is 0 Å². The molecule has 43 heavy (non-hydrogen) atoms. The Kier molecular flexibility index (Phi) is 10.0. The fourth-order valence-electron chi connectivity index (χ4n) is 6.32. The first kappa shape index (κ1) is 32.9. The molecular formula is C30H36NO12+. The molecule has 3 atom stereocenters. The SMILES string of the molecule is CCC1C[N+](CCc2ccc(OC)c(OC)c2)(C(C(=O)O)(C(=O)O)c2ccc(OC)cc2)C(=O)CC1C(C(=O)O)C(=O)O. The fourth-order valence-corrected chi connectivity index (χ4v) is 6.32. The van der Waals surface area contributed by atoms with Crippen molar-refractivity contribution < 1.29 is 63.1 Å². The first-order chi connectivity index (χ1) is 20.3. The van der Waals surface area contributed by atoms with Gasteiger partial charge in [0.1, 0.15) is 5.75 Å². The van der Waals surface area contributed by atoms with Crippen molar-refractivity contribution in [1.29, 1.82) is 0 Å². The molecule has 4 N–H and O–H groups in total. The zero-order valence-corrected chi connectivity index (χ0v) is 24.3. The maximum atomic E-state index is 14.3. The molecule has 1 aliphatic rings. The van der Waals surface area contributed by atoms with E-state index < -0.39 is 70.5 Å². The lowest BCUT2D eigenvalue weighted by atomic mass is 9.71. The van der Waals surface area contributed by atoms with Crippen LogP contribution < -0.4 is 14.2 Å². The Bertz CT molecular complexity index is 1360. The molecule has 3 rings (SSSR count). The molecule has 13 nitrogen and oxygen atoms in total. The monoisotopic (exact) mass is 602 g/mol. The van der Waals surface area contributed by atoms with Gasteiger partial charge in [0.2, 0.25) is 0 Å². The molecule has 3 unspecified atom stereocenters. The summed E-state index contributed by atoms with van der Waals surface area (Å²) in [6, 6.07) is 10.3. The molecule has 0 spiro atoms. The number of hydrogen-bond donors (Lipinski definition) is 4. The number of aliphatic carboxylic acids is 4. The topological polar surface area (TPSA) is 194 Å². The summed E-state index contributed by atoms with van der Waals surface area (Å²) < 4.78 is 14.7. The molecule has 1 amide bonds. The van der Waals surface area contributed by atoms with Crippen LogP contribution in [0.4, 0.5) is 0 Å². The quantitative estimate of drug-likeness (QED) is 0.183. The molecule has 0 saturated carbocycles. The number of carboxylic acid groups (broad SMARTS) is 4. The third-order valence-electron chi connectivity index (χ3n) is 8.52. The molecule has 13 heteroatoms. The number of methoxy groups -OCH3 is 3. The zero-order chi connectivity index (χ0) is 32.1. The summed E-state index contributed by atoms with van der Waals surface area (Å²) in [6.45, 7) is 0.926. The average molecular weight is 603 g/mol. The average Bonchev–Trinajstić information content (AvgIpc) is 2.97. The van der Waals surface area contributed by atoms with E-state index in [0.29, 0.717) is 22.8 Å². The van der Waals surface area contributed by atoms with E-state index in [1.807, 2.05) is 0 Å². The van der Waals surface area contributed by atoms with Crippen LogP contribution in [0.3, 0.4) is 0 Å². The Morgan fingerprint density at radius 2 is 1.47 bits per heavy atom. The lowest BCUT2D eigenvalue weighted by molar-refractivity contribution is -0.902. The van der Waals surface area contributed by atoms with Gasteiger partial charge in [-0.05, 0) is 48.4 Å². The molecule has 0 bridgehead atoms. The second-order valence-corrected chi connectivity index (χ2v) is 10.4. The third kappa shape index (κ3) is 5.72. The van der Waals surface area contributed by atoms with Gasteiger partial charge in [-0.2, -0.15) is 0 Å². The van der Waals surface area contributed by atoms with Gasteiger partial charge >= 0.3 is 35.3 Å². The summed E-state index contributed by atoms with van der Waals surface area (Å²) in [5.74, 6) is -10.6. The Hall–Kier alpha value is -4.65. The number of carbonyl (C=O) groups excluding carboxylic acids is 1. The molecule has 2 aromatic rings. The largest absolute Gasteiger partial charge is 0.497 e. The van der Waals surface area contributed by atoms with Crippen LogP contribution in [0.5, 0.6) is 17.2 Å². The van der Waals surface area contributed by atoms with Crippen molar-refractivity contribution in [2.45, 2.75) is 31.7 Å². The van der Waals surface area contributed by atoms with Gasteiger partial charge in [0.25, 0.3) is 0 Å². The minimum absolute atomic E-state index is 0.0208. The number of carbonyl (C=O) groups is 5. The van der Waals surface area contributed by atoms with Gasteiger partial charge in [0.15, 0.2) is 17.4 Å². The Labute approximate surface area is 247 Å². The van der Waals surface area contributed by atoms with Crippen LogP contribution in [0.25, 0.3) is 0 Å². The molecule has 232 valence electrons. The number of quaternary nitrogens is 1. The normalized spacial score (nSPS) is 20.3. The van der Waals surface area contributed by atoms with Crippen molar-refractivity contribution >= 4 is 29.8 Å². The van der Waals surface area contributed by atoms with Crippen molar-refractivity contribution in [3.63, 3.8) is 0 Å². The summed E-state index contributed by atoms with van der Waals surface area (Å²) in [4.78, 5) is 64.8. The van der Waals surface area contributed by atoms with E-state index in [9.17, 15) is 44.4 Å². The minimum atomic E-state index is -2.86. The summed E-state index contributed by atoms with van der Waals surface area (Å²) in [7, 11) is 4.27. The fraction of sp³-hybridized carbons (Fsp3) is 0.433. The van der Waals surface area contributed by atoms with Gasteiger partial charge in [-0.3, -0.25) is 9.59 Å². The number of likely N-dealkylation sites (tertiary alicyclic amines) is 1. The van der Waals surface area contributed by atoms with Crippen LogP contribution in [0.1, 0.15) is 30.9 Å². The maximum absolute atomic E-state index is 14.3. The van der Waals surface area contributed by atoms with Crippen molar-refractivity contribution in [2.75, 3.05) is 34.4 Å². The van der Waals surface area contributed by atoms with E-state index in [2.05, 4.69) is 0 Å². The number of piperidine rings is 1. The third-order valence-corrected chi connectivity index (χ3v) is 8.52. The lowest BCUT2D eigenvalue weighted by Crippen LogP contribution is -2.76. The molecule has 0 aliphatic carbocycles. The van der Waals surface area contributed by atoms with Crippen LogP contribution >= 0.6 is 0 Å². The Morgan fingerprint density at radius 3 is 1.93 bits per heavy atom. The summed E-state index contributed by atoms with van der Waals surface area (Å²) in [5.41, 5.74) is -2.47. The maximum Gasteiger partial charge on any atom is 0.383 e. The lowest BCUT2D eigenvalue weighted by Gasteiger charge is -2.52. The van der Waals surface area contributed by atoms with Gasteiger partial charge in [0.05, 0.1) is 40.8 Å². The van der Waals surface area contributed by atoms with Crippen molar-refractivity contribution in [3.05, 3.63) is 53.6 Å². The highest BCUT2D eigenvalue weighted by Gasteiger charge is 2.70. The highest BCUT2D eigenvalue weighted by atomic mass is 16.5. The number of hydrogen-bond acceptors (Lipinski definition) is 8. The number of benzene rings is 2. The standard InChI is InChI=1S/C30H35NO12/c1-5-18-16-31(24(32)15-21(18)25(26(33)34)27(35)36,13-12-17-6-11-22(42-3)23(14-17)43-4)30(28(37)38,29(39)40)19-7-9-20(41-2)10-8-19/h6-11,14,18,21,25H,5,12-13,15-16H2,1-4H3,(H3-,33,34,35,36,37,38,39,40)/p+1. The highest BCUT2D eigenvalue weighted by Crippen LogP contribution is 2.46. The Morgan fingerprint density at radius 1 is 0.884 bits per heavy atom. The molecule has 1 aliphatic heterocycles. The number of ether oxygens (including phenoxy) is 3. The van der Waals surface area contributed by atoms with Crippen LogP contribution in [0.15, 0.2) is 42.5 Å². The van der Waals surface area contributed by atoms with E-state index in [1.165, 1.54) is 45.6 Å². The van der Waals surface area contributed by atoms with Gasteiger partial charge in [-0.15, -0.1) is 0 Å². The van der Waals surface area contributed by atoms with E-state index in [1.54, 1.807) is 25.1 Å². The van der Waals surface area contributed by atoms with E-state index >= 15 is 0 Å².